The maximum absolute atomic E-state index is 6.52. The molecule has 21 heavy (non-hydrogen) atoms. The largest absolute Gasteiger partial charge is 0.367 e. The molecule has 5 heteroatoms. The third kappa shape index (κ3) is 3.14. The second-order valence-corrected chi connectivity index (χ2v) is 6.40. The number of hydrogen-bond donors (Lipinski definition) is 1. The second-order valence-electron chi connectivity index (χ2n) is 6.40. The third-order valence-electron chi connectivity index (χ3n) is 4.99. The Morgan fingerprint density at radius 1 is 1.29 bits per heavy atom. The zero-order valence-corrected chi connectivity index (χ0v) is 13.8. The van der Waals surface area contributed by atoms with Gasteiger partial charge in [0.2, 0.25) is 11.7 Å². The van der Waals surface area contributed by atoms with Gasteiger partial charge in [-0.3, -0.25) is 0 Å². The van der Waals surface area contributed by atoms with E-state index in [0.29, 0.717) is 18.3 Å². The predicted molar refractivity (Wildman–Crippen MR) is 81.7 cm³/mol. The molecule has 0 bridgehead atoms. The van der Waals surface area contributed by atoms with Gasteiger partial charge >= 0.3 is 0 Å². The van der Waals surface area contributed by atoms with Crippen LogP contribution in [0.5, 0.6) is 0 Å². The van der Waals surface area contributed by atoms with E-state index in [9.17, 15) is 0 Å². The average molecular weight is 295 g/mol. The quantitative estimate of drug-likeness (QED) is 0.869. The first-order chi connectivity index (χ1) is 9.99. The Hall–Kier alpha value is -0.940. The molecule has 2 N–H and O–H groups in total. The standard InChI is InChI=1S/C16H29N3O2/c1-5-16(6-2,20-7-3)13-18-14(21-19-13)15(17)10-8-12(4)9-11-15/h12H,5-11,17H2,1-4H3. The smallest absolute Gasteiger partial charge is 0.246 e. The fourth-order valence-electron chi connectivity index (χ4n) is 3.21. The molecule has 1 aliphatic carbocycles. The van der Waals surface area contributed by atoms with E-state index >= 15 is 0 Å². The maximum atomic E-state index is 6.52. The zero-order valence-electron chi connectivity index (χ0n) is 13.8. The molecule has 0 aliphatic heterocycles. The first-order valence-electron chi connectivity index (χ1n) is 8.27. The molecule has 0 unspecified atom stereocenters. The fraction of sp³-hybridized carbons (Fsp3) is 0.875. The normalized spacial score (nSPS) is 27.0. The van der Waals surface area contributed by atoms with Crippen LogP contribution in [0.1, 0.15) is 77.9 Å². The summed E-state index contributed by atoms with van der Waals surface area (Å²) in [4.78, 5) is 4.64. The topological polar surface area (TPSA) is 74.2 Å². The van der Waals surface area contributed by atoms with Gasteiger partial charge < -0.3 is 15.0 Å². The Balaban J connectivity index is 2.24. The summed E-state index contributed by atoms with van der Waals surface area (Å²) in [6.07, 6.45) is 5.71. The molecular formula is C16H29N3O2. The van der Waals surface area contributed by atoms with E-state index in [2.05, 4.69) is 30.9 Å². The minimum Gasteiger partial charge on any atom is -0.367 e. The van der Waals surface area contributed by atoms with Gasteiger partial charge in [0.1, 0.15) is 5.60 Å². The minimum atomic E-state index is -0.461. The van der Waals surface area contributed by atoms with Crippen molar-refractivity contribution in [1.29, 1.82) is 0 Å². The molecule has 0 saturated heterocycles. The van der Waals surface area contributed by atoms with Gasteiger partial charge in [-0.15, -0.1) is 0 Å². The molecule has 2 rings (SSSR count). The summed E-state index contributed by atoms with van der Waals surface area (Å²) in [6, 6.07) is 0. The molecule has 1 saturated carbocycles. The molecule has 1 heterocycles. The first-order valence-corrected chi connectivity index (χ1v) is 8.27. The zero-order chi connectivity index (χ0) is 15.5. The van der Waals surface area contributed by atoms with Crippen LogP contribution in [0.15, 0.2) is 4.52 Å². The summed E-state index contributed by atoms with van der Waals surface area (Å²) in [5, 5.41) is 4.20. The van der Waals surface area contributed by atoms with Crippen LogP contribution in [-0.4, -0.2) is 16.7 Å². The van der Waals surface area contributed by atoms with Gasteiger partial charge in [0.25, 0.3) is 0 Å². The molecule has 1 aromatic heterocycles. The number of nitrogens with zero attached hydrogens (tertiary/aromatic N) is 2. The fourth-order valence-corrected chi connectivity index (χ4v) is 3.21. The van der Waals surface area contributed by atoms with Crippen molar-refractivity contribution < 1.29 is 9.26 Å². The highest BCUT2D eigenvalue weighted by atomic mass is 16.5. The van der Waals surface area contributed by atoms with Crippen LogP contribution < -0.4 is 5.73 Å². The predicted octanol–water partition coefficient (Wildman–Crippen LogP) is 3.49. The van der Waals surface area contributed by atoms with Crippen LogP contribution >= 0.6 is 0 Å². The molecule has 120 valence electrons. The van der Waals surface area contributed by atoms with E-state index in [0.717, 1.165) is 44.4 Å². The third-order valence-corrected chi connectivity index (χ3v) is 4.99. The second kappa shape index (κ2) is 6.44. The van der Waals surface area contributed by atoms with Crippen molar-refractivity contribution in [3.63, 3.8) is 0 Å². The molecule has 0 radical (unpaired) electrons. The van der Waals surface area contributed by atoms with Gasteiger partial charge in [-0.1, -0.05) is 25.9 Å². The molecular weight excluding hydrogens is 266 g/mol. The SMILES string of the molecule is CCOC(CC)(CC)c1noc(C2(N)CCC(C)CC2)n1. The lowest BCUT2D eigenvalue weighted by molar-refractivity contribution is -0.0583. The molecule has 1 aliphatic rings. The molecule has 1 aromatic rings. The first kappa shape index (κ1) is 16.4. The van der Waals surface area contributed by atoms with E-state index in [1.807, 2.05) is 6.92 Å². The summed E-state index contributed by atoms with van der Waals surface area (Å²) < 4.78 is 11.5. The molecule has 0 spiro atoms. The highest BCUT2D eigenvalue weighted by Gasteiger charge is 2.40. The number of ether oxygens (including phenoxy) is 1. The van der Waals surface area contributed by atoms with Crippen molar-refractivity contribution >= 4 is 0 Å². The maximum Gasteiger partial charge on any atom is 0.246 e. The summed E-state index contributed by atoms with van der Waals surface area (Å²) in [6.45, 7) is 9.09. The molecule has 5 nitrogen and oxygen atoms in total. The molecule has 1 fully saturated rings. The van der Waals surface area contributed by atoms with Gasteiger partial charge in [-0.25, -0.2) is 0 Å². The highest BCUT2D eigenvalue weighted by molar-refractivity contribution is 5.08. The Morgan fingerprint density at radius 3 is 2.43 bits per heavy atom. The summed E-state index contributed by atoms with van der Waals surface area (Å²) >= 11 is 0. The van der Waals surface area contributed by atoms with E-state index < -0.39 is 11.1 Å². The van der Waals surface area contributed by atoms with Crippen molar-refractivity contribution in [1.82, 2.24) is 10.1 Å². The summed E-state index contributed by atoms with van der Waals surface area (Å²) in [5.41, 5.74) is 5.61. The lowest BCUT2D eigenvalue weighted by atomic mass is 9.78. The van der Waals surface area contributed by atoms with E-state index in [1.165, 1.54) is 0 Å². The lowest BCUT2D eigenvalue weighted by Gasteiger charge is -2.33. The van der Waals surface area contributed by atoms with Crippen molar-refractivity contribution in [2.24, 2.45) is 11.7 Å². The van der Waals surface area contributed by atoms with E-state index in [1.54, 1.807) is 0 Å². The molecule has 0 atom stereocenters. The van der Waals surface area contributed by atoms with Crippen molar-refractivity contribution in [3.8, 4) is 0 Å². The minimum absolute atomic E-state index is 0.450. The van der Waals surface area contributed by atoms with Crippen LogP contribution in [0.3, 0.4) is 0 Å². The number of rotatable bonds is 6. The van der Waals surface area contributed by atoms with Crippen LogP contribution in [0.25, 0.3) is 0 Å². The summed E-state index contributed by atoms with van der Waals surface area (Å²) in [7, 11) is 0. The van der Waals surface area contributed by atoms with Gasteiger partial charge in [-0.2, -0.15) is 4.98 Å². The highest BCUT2D eigenvalue weighted by Crippen LogP contribution is 2.38. The van der Waals surface area contributed by atoms with Crippen LogP contribution in [0.2, 0.25) is 0 Å². The number of nitrogens with two attached hydrogens (primary N) is 1. The Morgan fingerprint density at radius 2 is 1.90 bits per heavy atom. The van der Waals surface area contributed by atoms with Gasteiger partial charge in [-0.05, 0) is 51.4 Å². The van der Waals surface area contributed by atoms with Gasteiger partial charge in [0.15, 0.2) is 0 Å². The lowest BCUT2D eigenvalue weighted by Crippen LogP contribution is -2.40. The van der Waals surface area contributed by atoms with E-state index in [-0.39, 0.29) is 0 Å². The van der Waals surface area contributed by atoms with Gasteiger partial charge in [0.05, 0.1) is 5.54 Å². The number of hydrogen-bond acceptors (Lipinski definition) is 5. The number of aromatic nitrogens is 2. The molecule has 0 amide bonds. The Labute approximate surface area is 127 Å². The van der Waals surface area contributed by atoms with Crippen LogP contribution in [0.4, 0.5) is 0 Å². The van der Waals surface area contributed by atoms with Gasteiger partial charge in [0, 0.05) is 6.61 Å². The molecule has 0 aromatic carbocycles. The van der Waals surface area contributed by atoms with E-state index in [4.69, 9.17) is 15.0 Å². The van der Waals surface area contributed by atoms with Crippen LogP contribution in [0, 0.1) is 5.92 Å². The van der Waals surface area contributed by atoms with Crippen molar-refractivity contribution in [3.05, 3.63) is 11.7 Å². The van der Waals surface area contributed by atoms with Crippen molar-refractivity contribution in [2.75, 3.05) is 6.61 Å². The van der Waals surface area contributed by atoms with Crippen LogP contribution in [-0.2, 0) is 15.9 Å². The monoisotopic (exact) mass is 295 g/mol. The Kier molecular flexibility index (Phi) is 5.04. The van der Waals surface area contributed by atoms with Crippen molar-refractivity contribution in [2.45, 2.75) is 77.4 Å². The average Bonchev–Trinajstić information content (AvgIpc) is 2.99. The Bertz CT molecular complexity index is 446. The summed E-state index contributed by atoms with van der Waals surface area (Å²) in [5.74, 6) is 1.96.